The molecule has 0 atom stereocenters. The fourth-order valence-electron chi connectivity index (χ4n) is 1.91. The summed E-state index contributed by atoms with van der Waals surface area (Å²) < 4.78 is 5.50. The summed E-state index contributed by atoms with van der Waals surface area (Å²) in [5, 5.41) is 9.21. The zero-order valence-electron chi connectivity index (χ0n) is 6.18. The zero-order valence-corrected chi connectivity index (χ0v) is 6.18. The van der Waals surface area contributed by atoms with Gasteiger partial charge in [0.25, 0.3) is 0 Å². The van der Waals surface area contributed by atoms with Gasteiger partial charge in [-0.3, -0.25) is 0 Å². The lowest BCUT2D eigenvalue weighted by Gasteiger charge is -2.45. The number of ether oxygens (including phenoxy) is 1. The third-order valence-corrected chi connectivity index (χ3v) is 2.83. The Balaban J connectivity index is 1.90. The monoisotopic (exact) mass is 142 g/mol. The van der Waals surface area contributed by atoms with Crippen LogP contribution in [-0.4, -0.2) is 23.4 Å². The van der Waals surface area contributed by atoms with Crippen molar-refractivity contribution in [1.29, 1.82) is 0 Å². The van der Waals surface area contributed by atoms with Gasteiger partial charge in [0.15, 0.2) is 0 Å². The van der Waals surface area contributed by atoms with Gasteiger partial charge in [0.1, 0.15) is 0 Å². The second kappa shape index (κ2) is 2.21. The van der Waals surface area contributed by atoms with Crippen LogP contribution < -0.4 is 0 Å². The average Bonchev–Trinajstić information content (AvgIpc) is 1.86. The molecule has 2 nitrogen and oxygen atoms in total. The van der Waals surface area contributed by atoms with Crippen LogP contribution in [0.4, 0.5) is 0 Å². The fraction of sp³-hybridized carbons (Fsp3) is 1.00. The van der Waals surface area contributed by atoms with E-state index in [2.05, 4.69) is 0 Å². The number of aliphatic hydroxyl groups is 1. The first-order valence-corrected chi connectivity index (χ1v) is 4.13. The Bertz CT molecular complexity index is 119. The lowest BCUT2D eigenvalue weighted by Crippen LogP contribution is -2.47. The Morgan fingerprint density at radius 2 is 1.80 bits per heavy atom. The van der Waals surface area contributed by atoms with E-state index in [1.54, 1.807) is 0 Å². The smallest absolute Gasteiger partial charge is 0.0706 e. The third-order valence-electron chi connectivity index (χ3n) is 2.83. The Morgan fingerprint density at radius 3 is 2.20 bits per heavy atom. The van der Waals surface area contributed by atoms with Gasteiger partial charge in [-0.25, -0.2) is 0 Å². The molecule has 1 saturated heterocycles. The van der Waals surface area contributed by atoms with Gasteiger partial charge in [0.05, 0.1) is 18.3 Å². The fourth-order valence-corrected chi connectivity index (χ4v) is 1.91. The van der Waals surface area contributed by atoms with Crippen LogP contribution >= 0.6 is 0 Å². The minimum atomic E-state index is -0.0465. The Hall–Kier alpha value is -0.0800. The van der Waals surface area contributed by atoms with Gasteiger partial charge in [-0.2, -0.15) is 0 Å². The van der Waals surface area contributed by atoms with Crippen molar-refractivity contribution in [2.45, 2.75) is 43.8 Å². The van der Waals surface area contributed by atoms with E-state index in [0.717, 1.165) is 32.3 Å². The summed E-state index contributed by atoms with van der Waals surface area (Å²) in [5.74, 6) is 0. The first kappa shape index (κ1) is 6.62. The first-order chi connectivity index (χ1) is 4.81. The van der Waals surface area contributed by atoms with E-state index in [0.29, 0.717) is 0 Å². The molecule has 0 radical (unpaired) electrons. The molecule has 2 aliphatic rings. The maximum absolute atomic E-state index is 9.21. The average molecular weight is 142 g/mol. The molecule has 0 aromatic heterocycles. The number of rotatable bonds is 0. The number of hydrogen-bond acceptors (Lipinski definition) is 2. The number of hydrogen-bond donors (Lipinski definition) is 1. The van der Waals surface area contributed by atoms with Gasteiger partial charge in [-0.05, 0) is 32.1 Å². The van der Waals surface area contributed by atoms with Crippen LogP contribution in [0.3, 0.4) is 0 Å². The maximum Gasteiger partial charge on any atom is 0.0706 e. The molecular weight excluding hydrogens is 128 g/mol. The first-order valence-electron chi connectivity index (χ1n) is 4.13. The SMILES string of the molecule is OC1CCC2(CCO2)CC1. The molecule has 0 unspecified atom stereocenters. The maximum atomic E-state index is 9.21. The minimum Gasteiger partial charge on any atom is -0.393 e. The van der Waals surface area contributed by atoms with Crippen LogP contribution in [0.2, 0.25) is 0 Å². The topological polar surface area (TPSA) is 29.5 Å². The van der Waals surface area contributed by atoms with Crippen molar-refractivity contribution < 1.29 is 9.84 Å². The second-order valence-corrected chi connectivity index (χ2v) is 3.51. The van der Waals surface area contributed by atoms with Gasteiger partial charge < -0.3 is 9.84 Å². The highest BCUT2D eigenvalue weighted by atomic mass is 16.5. The second-order valence-electron chi connectivity index (χ2n) is 3.51. The summed E-state index contributed by atoms with van der Waals surface area (Å²) in [4.78, 5) is 0. The van der Waals surface area contributed by atoms with E-state index in [1.165, 1.54) is 6.42 Å². The molecule has 10 heavy (non-hydrogen) atoms. The molecule has 1 spiro atoms. The van der Waals surface area contributed by atoms with Gasteiger partial charge in [-0.15, -0.1) is 0 Å². The zero-order chi connectivity index (χ0) is 7.03. The van der Waals surface area contributed by atoms with E-state index in [4.69, 9.17) is 4.74 Å². The highest BCUT2D eigenvalue weighted by Gasteiger charge is 2.40. The molecule has 1 aliphatic carbocycles. The molecule has 2 heteroatoms. The molecule has 58 valence electrons. The van der Waals surface area contributed by atoms with Crippen LogP contribution in [0, 0.1) is 0 Å². The lowest BCUT2D eigenvalue weighted by molar-refractivity contribution is -0.175. The van der Waals surface area contributed by atoms with Crippen molar-refractivity contribution in [2.75, 3.05) is 6.61 Å². The summed E-state index contributed by atoms with van der Waals surface area (Å²) in [5.41, 5.74) is 0.221. The standard InChI is InChI=1S/C8H14O2/c9-7-1-3-8(4-2-7)5-6-10-8/h7,9H,1-6H2. The molecule has 0 aromatic rings. The van der Waals surface area contributed by atoms with E-state index in [1.807, 2.05) is 0 Å². The predicted octanol–water partition coefficient (Wildman–Crippen LogP) is 1.08. The van der Waals surface area contributed by atoms with Gasteiger partial charge >= 0.3 is 0 Å². The Labute approximate surface area is 61.2 Å². The lowest BCUT2D eigenvalue weighted by atomic mass is 9.78. The highest BCUT2D eigenvalue weighted by Crippen LogP contribution is 2.40. The molecule has 2 rings (SSSR count). The van der Waals surface area contributed by atoms with Crippen molar-refractivity contribution in [3.63, 3.8) is 0 Å². The molecule has 0 aromatic carbocycles. The van der Waals surface area contributed by atoms with Crippen molar-refractivity contribution in [3.05, 3.63) is 0 Å². The molecule has 0 bridgehead atoms. The van der Waals surface area contributed by atoms with E-state index in [-0.39, 0.29) is 11.7 Å². The molecule has 1 saturated carbocycles. The van der Waals surface area contributed by atoms with E-state index in [9.17, 15) is 5.11 Å². The van der Waals surface area contributed by atoms with Crippen LogP contribution in [0.15, 0.2) is 0 Å². The van der Waals surface area contributed by atoms with Crippen LogP contribution in [0.25, 0.3) is 0 Å². The normalized spacial score (nSPS) is 47.1. The molecule has 1 aliphatic heterocycles. The van der Waals surface area contributed by atoms with Gasteiger partial charge in [0.2, 0.25) is 0 Å². The Kier molecular flexibility index (Phi) is 1.46. The van der Waals surface area contributed by atoms with E-state index < -0.39 is 0 Å². The highest BCUT2D eigenvalue weighted by molar-refractivity contribution is 4.91. The van der Waals surface area contributed by atoms with Crippen molar-refractivity contribution in [3.8, 4) is 0 Å². The summed E-state index contributed by atoms with van der Waals surface area (Å²) in [6.45, 7) is 0.941. The quantitative estimate of drug-likeness (QED) is 0.548. The largest absolute Gasteiger partial charge is 0.393 e. The molecule has 1 N–H and O–H groups in total. The summed E-state index contributed by atoms with van der Waals surface area (Å²) >= 11 is 0. The molecule has 0 amide bonds. The van der Waals surface area contributed by atoms with Crippen molar-refractivity contribution >= 4 is 0 Å². The number of aliphatic hydroxyl groups excluding tert-OH is 1. The Morgan fingerprint density at radius 1 is 1.20 bits per heavy atom. The summed E-state index contributed by atoms with van der Waals surface area (Å²) in [6, 6.07) is 0. The molecule has 2 fully saturated rings. The van der Waals surface area contributed by atoms with Gasteiger partial charge in [-0.1, -0.05) is 0 Å². The minimum absolute atomic E-state index is 0.0465. The molecular formula is C8H14O2. The van der Waals surface area contributed by atoms with E-state index >= 15 is 0 Å². The van der Waals surface area contributed by atoms with Crippen LogP contribution in [0.5, 0.6) is 0 Å². The van der Waals surface area contributed by atoms with Gasteiger partial charge in [0, 0.05) is 0 Å². The van der Waals surface area contributed by atoms with Crippen LogP contribution in [0.1, 0.15) is 32.1 Å². The van der Waals surface area contributed by atoms with Crippen molar-refractivity contribution in [1.82, 2.24) is 0 Å². The summed E-state index contributed by atoms with van der Waals surface area (Å²) in [7, 11) is 0. The summed E-state index contributed by atoms with van der Waals surface area (Å²) in [6.07, 6.45) is 5.22. The van der Waals surface area contributed by atoms with Crippen LogP contribution in [-0.2, 0) is 4.74 Å². The third kappa shape index (κ3) is 0.956. The molecule has 1 heterocycles. The predicted molar refractivity (Wildman–Crippen MR) is 37.8 cm³/mol. The van der Waals surface area contributed by atoms with Crippen molar-refractivity contribution in [2.24, 2.45) is 0 Å².